The molecule has 0 saturated heterocycles. The highest BCUT2D eigenvalue weighted by atomic mass is 35.5. The summed E-state index contributed by atoms with van der Waals surface area (Å²) in [6.07, 6.45) is 2.65. The van der Waals surface area contributed by atoms with Crippen LogP contribution in [0, 0.1) is 5.82 Å². The number of ether oxygens (including phenoxy) is 1. The molecule has 1 rings (SSSR count). The molecule has 0 radical (unpaired) electrons. The first-order chi connectivity index (χ1) is 9.54. The molecule has 0 spiro atoms. The number of hydrogen-bond acceptors (Lipinski definition) is 2. The number of rotatable bonds is 8. The Balaban J connectivity index is 3.26. The van der Waals surface area contributed by atoms with E-state index < -0.39 is 0 Å². The van der Waals surface area contributed by atoms with Crippen LogP contribution in [0.3, 0.4) is 0 Å². The first-order valence-electron chi connectivity index (χ1n) is 7.28. The van der Waals surface area contributed by atoms with Crippen molar-refractivity contribution in [1.82, 2.24) is 5.32 Å². The molecule has 0 saturated carbocycles. The van der Waals surface area contributed by atoms with Gasteiger partial charge in [-0.15, -0.1) is 0 Å². The van der Waals surface area contributed by atoms with Crippen LogP contribution in [-0.2, 0) is 4.74 Å². The zero-order chi connectivity index (χ0) is 15.2. The van der Waals surface area contributed by atoms with Gasteiger partial charge < -0.3 is 10.1 Å². The zero-order valence-corrected chi connectivity index (χ0v) is 13.6. The van der Waals surface area contributed by atoms with Crippen molar-refractivity contribution in [2.24, 2.45) is 0 Å². The second-order valence-corrected chi connectivity index (χ2v) is 5.44. The van der Waals surface area contributed by atoms with Crippen LogP contribution in [0.25, 0.3) is 0 Å². The highest BCUT2D eigenvalue weighted by Crippen LogP contribution is 2.38. The Hall–Kier alpha value is -0.640. The molecule has 1 N–H and O–H groups in total. The third-order valence-corrected chi connectivity index (χ3v) is 4.34. The number of benzene rings is 1. The largest absolute Gasteiger partial charge is 0.376 e. The third-order valence-electron chi connectivity index (χ3n) is 4.00. The van der Waals surface area contributed by atoms with Crippen LogP contribution in [0.15, 0.2) is 18.2 Å². The predicted octanol–water partition coefficient (Wildman–Crippen LogP) is 4.73. The van der Waals surface area contributed by atoms with Crippen molar-refractivity contribution in [2.75, 3.05) is 13.7 Å². The maximum Gasteiger partial charge on any atom is 0.123 e. The molecule has 1 unspecified atom stereocenters. The Morgan fingerprint density at radius 2 is 1.95 bits per heavy atom. The maximum absolute atomic E-state index is 13.6. The van der Waals surface area contributed by atoms with E-state index in [1.807, 2.05) is 0 Å². The molecular formula is C16H25ClFNO. The summed E-state index contributed by atoms with van der Waals surface area (Å²) in [6, 6.07) is 4.38. The van der Waals surface area contributed by atoms with Gasteiger partial charge in [0.15, 0.2) is 0 Å². The molecule has 0 aromatic heterocycles. The average Bonchev–Trinajstić information content (AvgIpc) is 2.47. The lowest BCUT2D eigenvalue weighted by atomic mass is 9.83. The lowest BCUT2D eigenvalue weighted by Crippen LogP contribution is -2.45. The van der Waals surface area contributed by atoms with Gasteiger partial charge in [-0.1, -0.05) is 32.4 Å². The third kappa shape index (κ3) is 3.72. The fraction of sp³-hybridized carbons (Fsp3) is 0.625. The van der Waals surface area contributed by atoms with E-state index in [1.54, 1.807) is 13.2 Å². The summed E-state index contributed by atoms with van der Waals surface area (Å²) in [4.78, 5) is 0. The normalized spacial score (nSPS) is 13.5. The Kier molecular flexibility index (Phi) is 6.93. The molecule has 4 heteroatoms. The Labute approximate surface area is 126 Å². The van der Waals surface area contributed by atoms with Crippen molar-refractivity contribution in [2.45, 2.75) is 51.7 Å². The van der Waals surface area contributed by atoms with Crippen LogP contribution < -0.4 is 5.32 Å². The van der Waals surface area contributed by atoms with Crippen molar-refractivity contribution in [3.8, 4) is 0 Å². The number of hydrogen-bond donors (Lipinski definition) is 1. The van der Waals surface area contributed by atoms with E-state index in [4.69, 9.17) is 16.3 Å². The Morgan fingerprint density at radius 1 is 1.30 bits per heavy atom. The van der Waals surface area contributed by atoms with Crippen molar-refractivity contribution in [3.05, 3.63) is 34.6 Å². The van der Waals surface area contributed by atoms with E-state index in [0.717, 1.165) is 31.4 Å². The Morgan fingerprint density at radius 3 is 2.45 bits per heavy atom. The molecule has 0 heterocycles. The molecule has 2 nitrogen and oxygen atoms in total. The first-order valence-corrected chi connectivity index (χ1v) is 7.65. The van der Waals surface area contributed by atoms with Crippen LogP contribution >= 0.6 is 11.6 Å². The van der Waals surface area contributed by atoms with Crippen LogP contribution in [0.1, 0.15) is 51.6 Å². The van der Waals surface area contributed by atoms with Crippen LogP contribution in [0.2, 0.25) is 5.02 Å². The first kappa shape index (κ1) is 17.4. The van der Waals surface area contributed by atoms with Gasteiger partial charge in [-0.2, -0.15) is 0 Å². The summed E-state index contributed by atoms with van der Waals surface area (Å²) in [5.74, 6) is -0.273. The van der Waals surface area contributed by atoms with Gasteiger partial charge in [-0.25, -0.2) is 4.39 Å². The van der Waals surface area contributed by atoms with E-state index in [-0.39, 0.29) is 17.5 Å². The molecular weight excluding hydrogens is 277 g/mol. The highest BCUT2D eigenvalue weighted by molar-refractivity contribution is 6.31. The molecule has 20 heavy (non-hydrogen) atoms. The Bertz CT molecular complexity index is 413. The predicted molar refractivity (Wildman–Crippen MR) is 82.8 cm³/mol. The minimum atomic E-state index is -0.382. The molecule has 0 bridgehead atoms. The second kappa shape index (κ2) is 7.96. The van der Waals surface area contributed by atoms with E-state index in [9.17, 15) is 4.39 Å². The highest BCUT2D eigenvalue weighted by Gasteiger charge is 2.37. The smallest absolute Gasteiger partial charge is 0.123 e. The number of nitrogens with one attached hydrogen (secondary N) is 1. The second-order valence-electron chi connectivity index (χ2n) is 5.03. The summed E-state index contributed by atoms with van der Waals surface area (Å²) in [6.45, 7) is 7.11. The molecule has 0 amide bonds. The number of methoxy groups -OCH3 is 1. The van der Waals surface area contributed by atoms with Gasteiger partial charge in [0.05, 0.1) is 11.6 Å². The molecule has 0 aliphatic rings. The van der Waals surface area contributed by atoms with Gasteiger partial charge in [0.1, 0.15) is 5.82 Å². The standard InChI is InChI=1S/C16H25ClFNO/c1-5-10-19-15(16(6-2,7-3)20-4)13-11-12(18)8-9-14(13)17/h8-9,11,15,19H,5-7,10H2,1-4H3. The fourth-order valence-electron chi connectivity index (χ4n) is 2.67. The molecule has 0 aliphatic carbocycles. The van der Waals surface area contributed by atoms with Gasteiger partial charge in [0, 0.05) is 12.1 Å². The van der Waals surface area contributed by atoms with Crippen molar-refractivity contribution < 1.29 is 9.13 Å². The lowest BCUT2D eigenvalue weighted by molar-refractivity contribution is -0.0485. The van der Waals surface area contributed by atoms with Gasteiger partial charge >= 0.3 is 0 Å². The van der Waals surface area contributed by atoms with Crippen molar-refractivity contribution >= 4 is 11.6 Å². The average molecular weight is 302 g/mol. The molecule has 0 fully saturated rings. The van der Waals surface area contributed by atoms with Crippen LogP contribution in [0.4, 0.5) is 4.39 Å². The molecule has 1 atom stereocenters. The zero-order valence-electron chi connectivity index (χ0n) is 12.8. The minimum absolute atomic E-state index is 0.120. The van der Waals surface area contributed by atoms with Gasteiger partial charge in [-0.3, -0.25) is 0 Å². The van der Waals surface area contributed by atoms with Gasteiger partial charge in [0.25, 0.3) is 0 Å². The molecule has 0 aliphatic heterocycles. The van der Waals surface area contributed by atoms with E-state index >= 15 is 0 Å². The topological polar surface area (TPSA) is 21.3 Å². The quantitative estimate of drug-likeness (QED) is 0.750. The SMILES string of the molecule is CCCNC(c1cc(F)ccc1Cl)C(CC)(CC)OC. The van der Waals surface area contributed by atoms with E-state index in [0.29, 0.717) is 5.02 Å². The van der Waals surface area contributed by atoms with E-state index in [1.165, 1.54) is 12.1 Å². The van der Waals surface area contributed by atoms with Crippen molar-refractivity contribution in [1.29, 1.82) is 0 Å². The summed E-state index contributed by atoms with van der Waals surface area (Å²) in [5.41, 5.74) is 0.387. The minimum Gasteiger partial charge on any atom is -0.376 e. The van der Waals surface area contributed by atoms with Crippen LogP contribution in [0.5, 0.6) is 0 Å². The monoisotopic (exact) mass is 301 g/mol. The summed E-state index contributed by atoms with van der Waals surface area (Å²) >= 11 is 6.28. The fourth-order valence-corrected chi connectivity index (χ4v) is 2.90. The maximum atomic E-state index is 13.6. The summed E-state index contributed by atoms with van der Waals surface area (Å²) in [5, 5.41) is 4.04. The summed E-state index contributed by atoms with van der Waals surface area (Å²) in [7, 11) is 1.71. The number of halogens is 2. The molecule has 1 aromatic rings. The van der Waals surface area contributed by atoms with E-state index in [2.05, 4.69) is 26.1 Å². The van der Waals surface area contributed by atoms with Gasteiger partial charge in [0.2, 0.25) is 0 Å². The van der Waals surface area contributed by atoms with Crippen molar-refractivity contribution in [3.63, 3.8) is 0 Å². The molecule has 114 valence electrons. The molecule has 1 aromatic carbocycles. The van der Waals surface area contributed by atoms with Crippen LogP contribution in [-0.4, -0.2) is 19.3 Å². The lowest BCUT2D eigenvalue weighted by Gasteiger charge is -2.39. The summed E-state index contributed by atoms with van der Waals surface area (Å²) < 4.78 is 19.4. The van der Waals surface area contributed by atoms with Gasteiger partial charge in [-0.05, 0) is 49.6 Å².